The van der Waals surface area contributed by atoms with Crippen molar-refractivity contribution in [3.63, 3.8) is 0 Å². The molecular weight excluding hydrogens is 286 g/mol. The molecule has 0 fully saturated rings. The molecule has 0 amide bonds. The summed E-state index contributed by atoms with van der Waals surface area (Å²) in [6.07, 6.45) is 0. The van der Waals surface area contributed by atoms with Gasteiger partial charge in [-0.3, -0.25) is 4.68 Å². The quantitative estimate of drug-likeness (QED) is 0.885. The monoisotopic (exact) mass is 307 g/mol. The van der Waals surface area contributed by atoms with E-state index in [9.17, 15) is 0 Å². The van der Waals surface area contributed by atoms with Crippen LogP contribution in [0, 0.1) is 6.92 Å². The number of hydrogen-bond acceptors (Lipinski definition) is 3. The van der Waals surface area contributed by atoms with Crippen LogP contribution in [0.1, 0.15) is 36.8 Å². The number of benzene rings is 1. The second-order valence-corrected chi connectivity index (χ2v) is 5.57. The number of hydrogen-bond donors (Lipinski definition) is 1. The van der Waals surface area contributed by atoms with Crippen LogP contribution in [0.5, 0.6) is 5.75 Å². The van der Waals surface area contributed by atoms with Gasteiger partial charge in [0.25, 0.3) is 0 Å². The highest BCUT2D eigenvalue weighted by molar-refractivity contribution is 6.32. The summed E-state index contributed by atoms with van der Waals surface area (Å²) in [5.41, 5.74) is 3.16. The lowest BCUT2D eigenvalue weighted by atomic mass is 10.1. The van der Waals surface area contributed by atoms with Crippen LogP contribution < -0.4 is 10.1 Å². The van der Waals surface area contributed by atoms with Crippen LogP contribution in [0.4, 0.5) is 0 Å². The molecule has 114 valence electrons. The summed E-state index contributed by atoms with van der Waals surface area (Å²) in [6, 6.07) is 8.22. The Labute approximate surface area is 131 Å². The summed E-state index contributed by atoms with van der Waals surface area (Å²) in [4.78, 5) is 0. The van der Waals surface area contributed by atoms with E-state index in [0.717, 1.165) is 23.5 Å². The fraction of sp³-hybridized carbons (Fsp3) is 0.438. The lowest BCUT2D eigenvalue weighted by Crippen LogP contribution is -2.17. The van der Waals surface area contributed by atoms with E-state index >= 15 is 0 Å². The molecule has 5 heteroatoms. The molecule has 0 bridgehead atoms. The molecule has 4 nitrogen and oxygen atoms in total. The van der Waals surface area contributed by atoms with Crippen molar-refractivity contribution in [2.45, 2.75) is 33.4 Å². The number of ether oxygens (including phenoxy) is 1. The molecule has 2 rings (SSSR count). The number of nitrogens with one attached hydrogen (secondary N) is 1. The number of aryl methyl sites for hydroxylation is 2. The van der Waals surface area contributed by atoms with Crippen molar-refractivity contribution in [1.29, 1.82) is 0 Å². The van der Waals surface area contributed by atoms with E-state index in [4.69, 9.17) is 16.3 Å². The SMILES string of the molecule is CCNC(C)c1ccc(OCc2cc(C)nn2C)c(Cl)c1. The van der Waals surface area contributed by atoms with Crippen LogP contribution >= 0.6 is 11.6 Å². The summed E-state index contributed by atoms with van der Waals surface area (Å²) in [5.74, 6) is 0.697. The van der Waals surface area contributed by atoms with Gasteiger partial charge in [0.15, 0.2) is 0 Å². The first-order valence-electron chi connectivity index (χ1n) is 7.16. The first-order chi connectivity index (χ1) is 10.0. The number of halogens is 1. The molecule has 2 aromatic rings. The molecule has 0 aliphatic heterocycles. The zero-order valence-electron chi connectivity index (χ0n) is 13.0. The Morgan fingerprint density at radius 3 is 2.71 bits per heavy atom. The minimum atomic E-state index is 0.279. The fourth-order valence-electron chi connectivity index (χ4n) is 2.28. The molecule has 1 unspecified atom stereocenters. The van der Waals surface area contributed by atoms with Crippen molar-refractivity contribution in [2.75, 3.05) is 6.54 Å². The third-order valence-corrected chi connectivity index (χ3v) is 3.74. The van der Waals surface area contributed by atoms with Crippen molar-refractivity contribution < 1.29 is 4.74 Å². The van der Waals surface area contributed by atoms with E-state index in [2.05, 4.69) is 24.3 Å². The van der Waals surface area contributed by atoms with Crippen molar-refractivity contribution >= 4 is 11.6 Å². The van der Waals surface area contributed by atoms with Gasteiger partial charge in [0, 0.05) is 13.1 Å². The largest absolute Gasteiger partial charge is 0.486 e. The van der Waals surface area contributed by atoms with E-state index < -0.39 is 0 Å². The lowest BCUT2D eigenvalue weighted by Gasteiger charge is -2.15. The first kappa shape index (κ1) is 15.9. The van der Waals surface area contributed by atoms with Gasteiger partial charge in [-0.2, -0.15) is 5.10 Å². The normalized spacial score (nSPS) is 12.4. The van der Waals surface area contributed by atoms with Gasteiger partial charge in [-0.25, -0.2) is 0 Å². The standard InChI is InChI=1S/C16H22ClN3O/c1-5-18-12(3)13-6-7-16(15(17)9-13)21-10-14-8-11(2)19-20(14)4/h6-9,12,18H,5,10H2,1-4H3. The number of rotatable bonds is 6. The maximum absolute atomic E-state index is 6.31. The van der Waals surface area contributed by atoms with E-state index in [0.29, 0.717) is 17.4 Å². The molecule has 1 heterocycles. The van der Waals surface area contributed by atoms with Gasteiger partial charge in [0.2, 0.25) is 0 Å². The zero-order valence-corrected chi connectivity index (χ0v) is 13.7. The topological polar surface area (TPSA) is 39.1 Å². The molecule has 0 radical (unpaired) electrons. The van der Waals surface area contributed by atoms with Crippen LogP contribution in [-0.4, -0.2) is 16.3 Å². The molecule has 21 heavy (non-hydrogen) atoms. The van der Waals surface area contributed by atoms with E-state index in [-0.39, 0.29) is 6.04 Å². The molecule has 0 saturated heterocycles. The summed E-state index contributed by atoms with van der Waals surface area (Å²) >= 11 is 6.31. The summed E-state index contributed by atoms with van der Waals surface area (Å²) in [6.45, 7) is 7.56. The lowest BCUT2D eigenvalue weighted by molar-refractivity contribution is 0.295. The Bertz CT molecular complexity index is 610. The van der Waals surface area contributed by atoms with Crippen LogP contribution in [0.3, 0.4) is 0 Å². The average molecular weight is 308 g/mol. The molecular formula is C16H22ClN3O. The van der Waals surface area contributed by atoms with E-state index in [1.165, 1.54) is 0 Å². The Balaban J connectivity index is 2.06. The molecule has 0 saturated carbocycles. The van der Waals surface area contributed by atoms with Gasteiger partial charge in [0.1, 0.15) is 12.4 Å². The van der Waals surface area contributed by atoms with Crippen LogP contribution in [-0.2, 0) is 13.7 Å². The third-order valence-electron chi connectivity index (χ3n) is 3.44. The second kappa shape index (κ2) is 6.96. The minimum absolute atomic E-state index is 0.279. The fourth-order valence-corrected chi connectivity index (χ4v) is 2.52. The predicted octanol–water partition coefficient (Wildman–Crippen LogP) is 3.63. The van der Waals surface area contributed by atoms with Crippen molar-refractivity contribution in [1.82, 2.24) is 15.1 Å². The number of aromatic nitrogens is 2. The van der Waals surface area contributed by atoms with E-state index in [1.807, 2.05) is 42.9 Å². The van der Waals surface area contributed by atoms with Gasteiger partial charge in [0.05, 0.1) is 16.4 Å². The third kappa shape index (κ3) is 3.99. The maximum atomic E-state index is 6.31. The molecule has 1 atom stereocenters. The Morgan fingerprint density at radius 1 is 1.38 bits per heavy atom. The van der Waals surface area contributed by atoms with Gasteiger partial charge < -0.3 is 10.1 Å². The van der Waals surface area contributed by atoms with Gasteiger partial charge >= 0.3 is 0 Å². The van der Waals surface area contributed by atoms with Crippen LogP contribution in [0.25, 0.3) is 0 Å². The second-order valence-electron chi connectivity index (χ2n) is 5.16. The van der Waals surface area contributed by atoms with Crippen molar-refractivity contribution in [2.24, 2.45) is 7.05 Å². The van der Waals surface area contributed by atoms with Crippen LogP contribution in [0.15, 0.2) is 24.3 Å². The Hall–Kier alpha value is -1.52. The van der Waals surface area contributed by atoms with Crippen LogP contribution in [0.2, 0.25) is 5.02 Å². The zero-order chi connectivity index (χ0) is 15.4. The first-order valence-corrected chi connectivity index (χ1v) is 7.54. The molecule has 0 spiro atoms. The average Bonchev–Trinajstić information content (AvgIpc) is 2.76. The van der Waals surface area contributed by atoms with Gasteiger partial charge in [-0.1, -0.05) is 24.6 Å². The smallest absolute Gasteiger partial charge is 0.138 e. The number of nitrogens with zero attached hydrogens (tertiary/aromatic N) is 2. The molecule has 1 aromatic carbocycles. The Kier molecular flexibility index (Phi) is 5.26. The van der Waals surface area contributed by atoms with Gasteiger partial charge in [-0.15, -0.1) is 0 Å². The maximum Gasteiger partial charge on any atom is 0.138 e. The highest BCUT2D eigenvalue weighted by Gasteiger charge is 2.09. The van der Waals surface area contributed by atoms with E-state index in [1.54, 1.807) is 0 Å². The Morgan fingerprint density at radius 2 is 2.14 bits per heavy atom. The highest BCUT2D eigenvalue weighted by Crippen LogP contribution is 2.28. The van der Waals surface area contributed by atoms with Gasteiger partial charge in [-0.05, 0) is 44.2 Å². The molecule has 0 aliphatic rings. The predicted molar refractivity (Wildman–Crippen MR) is 85.8 cm³/mol. The minimum Gasteiger partial charge on any atom is -0.486 e. The molecule has 1 aromatic heterocycles. The summed E-state index contributed by atoms with van der Waals surface area (Å²) in [5, 5.41) is 8.30. The molecule has 1 N–H and O–H groups in total. The summed E-state index contributed by atoms with van der Waals surface area (Å²) in [7, 11) is 1.91. The molecule has 0 aliphatic carbocycles. The highest BCUT2D eigenvalue weighted by atomic mass is 35.5. The van der Waals surface area contributed by atoms with Crippen molar-refractivity contribution in [3.05, 3.63) is 46.2 Å². The van der Waals surface area contributed by atoms with Crippen molar-refractivity contribution in [3.8, 4) is 5.75 Å². The summed E-state index contributed by atoms with van der Waals surface area (Å²) < 4.78 is 7.62.